The molecule has 0 amide bonds. The highest BCUT2D eigenvalue weighted by Gasteiger charge is 2.23. The lowest BCUT2D eigenvalue weighted by atomic mass is 10.0. The molecule has 1 saturated heterocycles. The van der Waals surface area contributed by atoms with Crippen LogP contribution >= 0.6 is 0 Å². The molecule has 2 unspecified atom stereocenters. The van der Waals surface area contributed by atoms with Crippen molar-refractivity contribution in [1.29, 1.82) is 5.26 Å². The summed E-state index contributed by atoms with van der Waals surface area (Å²) in [5, 5.41) is 11.9. The second-order valence-electron chi connectivity index (χ2n) is 4.13. The second-order valence-corrected chi connectivity index (χ2v) is 4.13. The quantitative estimate of drug-likeness (QED) is 0.838. The van der Waals surface area contributed by atoms with Gasteiger partial charge in [-0.05, 0) is 31.4 Å². The summed E-state index contributed by atoms with van der Waals surface area (Å²) >= 11 is 0. The van der Waals surface area contributed by atoms with Crippen LogP contribution in [0.2, 0.25) is 0 Å². The van der Waals surface area contributed by atoms with Gasteiger partial charge in [0.05, 0.1) is 12.6 Å². The lowest BCUT2D eigenvalue weighted by molar-refractivity contribution is 0.105. The largest absolute Gasteiger partial charge is 0.449 e. The van der Waals surface area contributed by atoms with Crippen LogP contribution in [0.5, 0.6) is 0 Å². The zero-order chi connectivity index (χ0) is 11.4. The maximum Gasteiger partial charge on any atom is 0.203 e. The Morgan fingerprint density at radius 1 is 1.56 bits per heavy atom. The van der Waals surface area contributed by atoms with E-state index in [1.54, 1.807) is 6.07 Å². The fourth-order valence-corrected chi connectivity index (χ4v) is 1.96. The van der Waals surface area contributed by atoms with Gasteiger partial charge < -0.3 is 14.5 Å². The average molecular weight is 220 g/mol. The lowest BCUT2D eigenvalue weighted by Gasteiger charge is -2.13. The molecule has 86 valence electrons. The molecule has 0 spiro atoms. The molecular formula is C12H16N2O2. The Hall–Kier alpha value is -1.31. The van der Waals surface area contributed by atoms with Crippen LogP contribution < -0.4 is 5.32 Å². The average Bonchev–Trinajstić information content (AvgIpc) is 2.89. The molecular weight excluding hydrogens is 204 g/mol. The number of nitrogens with zero attached hydrogens (tertiary/aromatic N) is 1. The van der Waals surface area contributed by atoms with Crippen molar-refractivity contribution in [2.75, 3.05) is 13.2 Å². The highest BCUT2D eigenvalue weighted by molar-refractivity contribution is 5.18. The van der Waals surface area contributed by atoms with Gasteiger partial charge in [-0.2, -0.15) is 5.26 Å². The molecule has 2 atom stereocenters. The van der Waals surface area contributed by atoms with E-state index < -0.39 is 0 Å². The van der Waals surface area contributed by atoms with Gasteiger partial charge in [-0.25, -0.2) is 0 Å². The number of nitrogens with one attached hydrogen (secondary N) is 1. The number of furan rings is 1. The van der Waals surface area contributed by atoms with Crippen molar-refractivity contribution in [3.05, 3.63) is 23.7 Å². The first kappa shape index (κ1) is 11.2. The molecule has 4 heteroatoms. The summed E-state index contributed by atoms with van der Waals surface area (Å²) in [6.45, 7) is 4.58. The van der Waals surface area contributed by atoms with E-state index in [-0.39, 0.29) is 0 Å². The second kappa shape index (κ2) is 5.15. The van der Waals surface area contributed by atoms with E-state index in [1.165, 1.54) is 0 Å². The number of rotatable bonds is 4. The minimum absolute atomic E-state index is 0.346. The predicted molar refractivity (Wildman–Crippen MR) is 58.7 cm³/mol. The molecule has 1 N–H and O–H groups in total. The number of hydrogen-bond donors (Lipinski definition) is 1. The molecule has 2 rings (SSSR count). The molecule has 1 fully saturated rings. The van der Waals surface area contributed by atoms with Gasteiger partial charge in [0.25, 0.3) is 0 Å². The van der Waals surface area contributed by atoms with E-state index in [1.807, 2.05) is 12.1 Å². The molecule has 1 aliphatic rings. The van der Waals surface area contributed by atoms with Crippen LogP contribution in [-0.4, -0.2) is 19.3 Å². The van der Waals surface area contributed by atoms with E-state index in [9.17, 15) is 0 Å². The Morgan fingerprint density at radius 2 is 2.44 bits per heavy atom. The first-order valence-corrected chi connectivity index (χ1v) is 5.60. The minimum Gasteiger partial charge on any atom is -0.449 e. The summed E-state index contributed by atoms with van der Waals surface area (Å²) in [5.74, 6) is 1.77. The Kier molecular flexibility index (Phi) is 3.60. The first-order valence-electron chi connectivity index (χ1n) is 5.60. The van der Waals surface area contributed by atoms with E-state index in [0.717, 1.165) is 25.3 Å². The Bertz CT molecular complexity index is 381. The SMILES string of the molecule is CC1OCCC1CNCc1ccc(C#N)o1. The van der Waals surface area contributed by atoms with E-state index in [4.69, 9.17) is 14.4 Å². The third kappa shape index (κ3) is 2.63. The third-order valence-electron chi connectivity index (χ3n) is 3.01. The van der Waals surface area contributed by atoms with Gasteiger partial charge >= 0.3 is 0 Å². The minimum atomic E-state index is 0.346. The zero-order valence-corrected chi connectivity index (χ0v) is 9.40. The zero-order valence-electron chi connectivity index (χ0n) is 9.40. The fraction of sp³-hybridized carbons (Fsp3) is 0.583. The van der Waals surface area contributed by atoms with Crippen LogP contribution in [0.1, 0.15) is 24.9 Å². The van der Waals surface area contributed by atoms with Crippen LogP contribution in [0, 0.1) is 17.2 Å². The molecule has 0 saturated carbocycles. The highest BCUT2D eigenvalue weighted by atomic mass is 16.5. The molecule has 1 aromatic rings. The Morgan fingerprint density at radius 3 is 3.06 bits per heavy atom. The van der Waals surface area contributed by atoms with Crippen molar-refractivity contribution in [1.82, 2.24) is 5.32 Å². The van der Waals surface area contributed by atoms with Crippen molar-refractivity contribution >= 4 is 0 Å². The van der Waals surface area contributed by atoms with Crippen molar-refractivity contribution in [2.45, 2.75) is 26.0 Å². The van der Waals surface area contributed by atoms with Crippen molar-refractivity contribution in [2.24, 2.45) is 5.92 Å². The third-order valence-corrected chi connectivity index (χ3v) is 3.01. The molecule has 4 nitrogen and oxygen atoms in total. The molecule has 1 aromatic heterocycles. The normalized spacial score (nSPS) is 24.5. The van der Waals surface area contributed by atoms with Gasteiger partial charge in [-0.15, -0.1) is 0 Å². The molecule has 1 aliphatic heterocycles. The van der Waals surface area contributed by atoms with Crippen molar-refractivity contribution < 1.29 is 9.15 Å². The van der Waals surface area contributed by atoms with Crippen LogP contribution in [0.3, 0.4) is 0 Å². The van der Waals surface area contributed by atoms with Gasteiger partial charge in [-0.3, -0.25) is 0 Å². The molecule has 0 aliphatic carbocycles. The summed E-state index contributed by atoms with van der Waals surface area (Å²) in [7, 11) is 0. The predicted octanol–water partition coefficient (Wildman–Crippen LogP) is 1.67. The fourth-order valence-electron chi connectivity index (χ4n) is 1.96. The van der Waals surface area contributed by atoms with Gasteiger partial charge in [-0.1, -0.05) is 0 Å². The van der Waals surface area contributed by atoms with E-state index in [0.29, 0.717) is 24.3 Å². The summed E-state index contributed by atoms with van der Waals surface area (Å²) in [6, 6.07) is 5.50. The first-order chi connectivity index (χ1) is 7.79. The molecule has 2 heterocycles. The monoisotopic (exact) mass is 220 g/mol. The number of ether oxygens (including phenoxy) is 1. The summed E-state index contributed by atoms with van der Waals surface area (Å²) in [4.78, 5) is 0. The van der Waals surface area contributed by atoms with Crippen LogP contribution in [0.4, 0.5) is 0 Å². The summed E-state index contributed by atoms with van der Waals surface area (Å²) in [5.41, 5.74) is 0. The van der Waals surface area contributed by atoms with Crippen LogP contribution in [0.15, 0.2) is 16.5 Å². The highest BCUT2D eigenvalue weighted by Crippen LogP contribution is 2.19. The standard InChI is InChI=1S/C12H16N2O2/c1-9-10(4-5-15-9)7-14-8-12-3-2-11(6-13)16-12/h2-3,9-10,14H,4-5,7-8H2,1H3. The van der Waals surface area contributed by atoms with E-state index in [2.05, 4.69) is 12.2 Å². The van der Waals surface area contributed by atoms with Gasteiger partial charge in [0.1, 0.15) is 11.8 Å². The maximum absolute atomic E-state index is 8.60. The smallest absolute Gasteiger partial charge is 0.203 e. The molecule has 0 radical (unpaired) electrons. The van der Waals surface area contributed by atoms with Gasteiger partial charge in [0.2, 0.25) is 5.76 Å². The summed E-state index contributed by atoms with van der Waals surface area (Å²) < 4.78 is 10.8. The molecule has 16 heavy (non-hydrogen) atoms. The van der Waals surface area contributed by atoms with Crippen molar-refractivity contribution in [3.63, 3.8) is 0 Å². The number of nitriles is 1. The number of hydrogen-bond acceptors (Lipinski definition) is 4. The summed E-state index contributed by atoms with van der Waals surface area (Å²) in [6.07, 6.45) is 1.47. The van der Waals surface area contributed by atoms with E-state index >= 15 is 0 Å². The van der Waals surface area contributed by atoms with Crippen LogP contribution in [-0.2, 0) is 11.3 Å². The Labute approximate surface area is 95.2 Å². The topological polar surface area (TPSA) is 58.2 Å². The lowest BCUT2D eigenvalue weighted by Crippen LogP contribution is -2.26. The Balaban J connectivity index is 1.73. The van der Waals surface area contributed by atoms with Gasteiger partial charge in [0, 0.05) is 13.2 Å². The molecule has 0 bridgehead atoms. The van der Waals surface area contributed by atoms with Crippen molar-refractivity contribution in [3.8, 4) is 6.07 Å². The van der Waals surface area contributed by atoms with Gasteiger partial charge in [0.15, 0.2) is 0 Å². The molecule has 0 aromatic carbocycles. The van der Waals surface area contributed by atoms with Crippen LogP contribution in [0.25, 0.3) is 0 Å². The maximum atomic E-state index is 8.60.